The minimum absolute atomic E-state index is 0.0135. The van der Waals surface area contributed by atoms with E-state index in [0.717, 1.165) is 0 Å². The molecule has 2 heterocycles. The van der Waals surface area contributed by atoms with Crippen molar-refractivity contribution in [2.24, 2.45) is 5.92 Å². The Bertz CT molecular complexity index is 711. The normalized spacial score (nSPS) is 16.4. The second-order valence-electron chi connectivity index (χ2n) is 8.13. The topological polar surface area (TPSA) is 98.5 Å². The predicted octanol–water partition coefficient (Wildman–Crippen LogP) is 3.56. The molecule has 0 aromatic carbocycles. The van der Waals surface area contributed by atoms with Gasteiger partial charge in [-0.25, -0.2) is 8.42 Å². The van der Waals surface area contributed by atoms with Crippen LogP contribution >= 0.6 is 0 Å². The van der Waals surface area contributed by atoms with Crippen molar-refractivity contribution in [2.45, 2.75) is 71.5 Å². The van der Waals surface area contributed by atoms with E-state index in [4.69, 9.17) is 9.26 Å². The Labute approximate surface area is 163 Å². The van der Waals surface area contributed by atoms with Gasteiger partial charge in [-0.15, -0.1) is 0 Å². The molecule has 2 rings (SSSR count). The third-order valence-corrected chi connectivity index (χ3v) is 7.29. The molecule has 0 atom stereocenters. The maximum absolute atomic E-state index is 12.8. The van der Waals surface area contributed by atoms with Gasteiger partial charge in [0.05, 0.1) is 11.4 Å². The number of anilines is 1. The van der Waals surface area contributed by atoms with Crippen molar-refractivity contribution in [2.75, 3.05) is 24.3 Å². The van der Waals surface area contributed by atoms with Gasteiger partial charge in [-0.1, -0.05) is 39.8 Å². The van der Waals surface area contributed by atoms with Crippen LogP contribution in [0.15, 0.2) is 10.6 Å². The summed E-state index contributed by atoms with van der Waals surface area (Å²) in [6, 6.07) is 1.62. The van der Waals surface area contributed by atoms with Crippen molar-refractivity contribution in [3.8, 4) is 0 Å². The summed E-state index contributed by atoms with van der Waals surface area (Å²) < 4.78 is 34.4. The molecule has 1 N–H and O–H groups in total. The molecule has 1 aliphatic heterocycles. The highest BCUT2D eigenvalue weighted by Gasteiger charge is 2.43. The second-order valence-corrected chi connectivity index (χ2v) is 10.7. The molecule has 0 saturated carbocycles. The number of nitrogens with one attached hydrogen (secondary N) is 1. The van der Waals surface area contributed by atoms with E-state index in [1.54, 1.807) is 6.07 Å². The number of nitrogens with zero attached hydrogens (tertiary/aromatic N) is 1. The summed E-state index contributed by atoms with van der Waals surface area (Å²) in [4.78, 5) is 12.6. The van der Waals surface area contributed by atoms with E-state index in [9.17, 15) is 13.2 Å². The third kappa shape index (κ3) is 6.04. The lowest BCUT2D eigenvalue weighted by Gasteiger charge is -2.28. The van der Waals surface area contributed by atoms with Gasteiger partial charge in [-0.05, 0) is 32.6 Å². The van der Waals surface area contributed by atoms with Gasteiger partial charge in [0.15, 0.2) is 9.84 Å². The molecule has 156 valence electrons. The molecule has 0 aliphatic carbocycles. The van der Waals surface area contributed by atoms with Gasteiger partial charge >= 0.3 is 0 Å². The Morgan fingerprint density at radius 2 is 1.74 bits per heavy atom. The molecular weight excluding hydrogens is 368 g/mol. The van der Waals surface area contributed by atoms with Gasteiger partial charge in [-0.3, -0.25) is 10.1 Å². The van der Waals surface area contributed by atoms with Crippen molar-refractivity contribution in [3.63, 3.8) is 0 Å². The maximum atomic E-state index is 12.8. The van der Waals surface area contributed by atoms with Crippen molar-refractivity contribution in [3.05, 3.63) is 11.8 Å². The third-order valence-electron chi connectivity index (χ3n) is 4.64. The zero-order chi connectivity index (χ0) is 20.9. The minimum atomic E-state index is -3.63. The second kappa shape index (κ2) is 9.19. The lowest BCUT2D eigenvalue weighted by molar-refractivity contribution is -0.118. The molecular formula is C19H34N2O5S. The molecule has 0 radical (unpaired) electrons. The highest BCUT2D eigenvalue weighted by Crippen LogP contribution is 2.27. The first-order valence-corrected chi connectivity index (χ1v) is 11.2. The van der Waals surface area contributed by atoms with Crippen LogP contribution in [0.25, 0.3) is 0 Å². The smallest absolute Gasteiger partial charge is 0.247 e. The number of carbonyl (C=O) groups is 1. The standard InChI is InChI=1S/C17H28N2O5S.C2H6/c1-16(2,3)13-10-14(24-19-13)18-15(20)17(4,5)25(21,22)11-12-6-8-23-9-7-12;1-2/h10,12H,6-9,11H2,1-5H3,(H,18,20);1-2H3. The van der Waals surface area contributed by atoms with Crippen LogP contribution in [0.4, 0.5) is 5.88 Å². The highest BCUT2D eigenvalue weighted by molar-refractivity contribution is 7.93. The first-order valence-electron chi connectivity index (χ1n) is 9.52. The van der Waals surface area contributed by atoms with Crippen LogP contribution in [0.2, 0.25) is 0 Å². The first kappa shape index (κ1) is 23.6. The number of hydrogen-bond donors (Lipinski definition) is 1. The van der Waals surface area contributed by atoms with Crippen LogP contribution in [0, 0.1) is 5.92 Å². The molecule has 0 unspecified atom stereocenters. The van der Waals surface area contributed by atoms with E-state index in [0.29, 0.717) is 31.7 Å². The molecule has 1 aromatic heterocycles. The summed E-state index contributed by atoms with van der Waals surface area (Å²) in [5.41, 5.74) is 0.461. The summed E-state index contributed by atoms with van der Waals surface area (Å²) >= 11 is 0. The molecule has 0 bridgehead atoms. The van der Waals surface area contributed by atoms with E-state index >= 15 is 0 Å². The monoisotopic (exact) mass is 402 g/mol. The number of ether oxygens (including phenoxy) is 1. The number of rotatable bonds is 5. The summed E-state index contributed by atoms with van der Waals surface area (Å²) in [6.45, 7) is 13.9. The molecule has 7 nitrogen and oxygen atoms in total. The Hall–Kier alpha value is -1.41. The van der Waals surface area contributed by atoms with E-state index in [1.807, 2.05) is 34.6 Å². The summed E-state index contributed by atoms with van der Waals surface area (Å²) in [7, 11) is -3.63. The minimum Gasteiger partial charge on any atom is -0.381 e. The van der Waals surface area contributed by atoms with E-state index in [2.05, 4.69) is 10.5 Å². The van der Waals surface area contributed by atoms with Crippen LogP contribution in [0.5, 0.6) is 0 Å². The van der Waals surface area contributed by atoms with Gasteiger partial charge < -0.3 is 9.26 Å². The highest BCUT2D eigenvalue weighted by atomic mass is 32.2. The first-order chi connectivity index (χ1) is 12.4. The number of hydrogen-bond acceptors (Lipinski definition) is 6. The molecule has 8 heteroatoms. The van der Waals surface area contributed by atoms with Crippen molar-refractivity contribution >= 4 is 21.6 Å². The average molecular weight is 403 g/mol. The fourth-order valence-electron chi connectivity index (χ4n) is 2.52. The Balaban J connectivity index is 0.00000176. The molecule has 1 saturated heterocycles. The van der Waals surface area contributed by atoms with Crippen LogP contribution in [0.3, 0.4) is 0 Å². The quantitative estimate of drug-likeness (QED) is 0.808. The van der Waals surface area contributed by atoms with E-state index < -0.39 is 20.5 Å². The molecule has 0 spiro atoms. The number of sulfone groups is 1. The van der Waals surface area contributed by atoms with Crippen LogP contribution < -0.4 is 5.32 Å². The fourth-order valence-corrected chi connectivity index (χ4v) is 4.23. The summed E-state index contributed by atoms with van der Waals surface area (Å²) in [6.07, 6.45) is 1.40. The van der Waals surface area contributed by atoms with Crippen molar-refractivity contribution in [1.82, 2.24) is 5.16 Å². The van der Waals surface area contributed by atoms with E-state index in [-0.39, 0.29) is 23.0 Å². The van der Waals surface area contributed by atoms with Gasteiger partial charge in [0.25, 0.3) is 0 Å². The van der Waals surface area contributed by atoms with Gasteiger partial charge in [-0.2, -0.15) is 0 Å². The number of aromatic nitrogens is 1. The Morgan fingerprint density at radius 3 is 2.22 bits per heavy atom. The largest absolute Gasteiger partial charge is 0.381 e. The Kier molecular flexibility index (Phi) is 8.04. The van der Waals surface area contributed by atoms with Gasteiger partial charge in [0.2, 0.25) is 11.8 Å². The van der Waals surface area contributed by atoms with Crippen LogP contribution in [-0.4, -0.2) is 43.2 Å². The van der Waals surface area contributed by atoms with Gasteiger partial charge in [0.1, 0.15) is 4.75 Å². The zero-order valence-electron chi connectivity index (χ0n) is 17.6. The molecule has 1 amide bonds. The summed E-state index contributed by atoms with van der Waals surface area (Å²) in [5.74, 6) is -0.440. The zero-order valence-corrected chi connectivity index (χ0v) is 18.4. The lowest BCUT2D eigenvalue weighted by atomic mass is 9.92. The molecule has 1 fully saturated rings. The lowest BCUT2D eigenvalue weighted by Crippen LogP contribution is -2.47. The van der Waals surface area contributed by atoms with Crippen molar-refractivity contribution in [1.29, 1.82) is 0 Å². The summed E-state index contributed by atoms with van der Waals surface area (Å²) in [5, 5.41) is 6.47. The van der Waals surface area contributed by atoms with Crippen LogP contribution in [0.1, 0.15) is 67.0 Å². The SMILES string of the molecule is CC.CC(C)(C)c1cc(NC(=O)C(C)(C)S(=O)(=O)CC2CCOCC2)on1. The van der Waals surface area contributed by atoms with Crippen LogP contribution in [-0.2, 0) is 24.8 Å². The van der Waals surface area contributed by atoms with Crippen molar-refractivity contribution < 1.29 is 22.5 Å². The molecule has 27 heavy (non-hydrogen) atoms. The molecule has 1 aliphatic rings. The number of amides is 1. The predicted molar refractivity (Wildman–Crippen MR) is 107 cm³/mol. The maximum Gasteiger partial charge on any atom is 0.247 e. The number of carbonyl (C=O) groups excluding carboxylic acids is 1. The average Bonchev–Trinajstić information content (AvgIpc) is 3.06. The van der Waals surface area contributed by atoms with Gasteiger partial charge in [0, 0.05) is 24.7 Å². The van der Waals surface area contributed by atoms with E-state index in [1.165, 1.54) is 13.8 Å². The molecule has 1 aromatic rings. The Morgan fingerprint density at radius 1 is 1.19 bits per heavy atom. The fraction of sp³-hybridized carbons (Fsp3) is 0.789.